The number of nitrogens with zero attached hydrogens (tertiary/aromatic N) is 2. The van der Waals surface area contributed by atoms with Gasteiger partial charge in [0.1, 0.15) is 23.1 Å². The van der Waals surface area contributed by atoms with Gasteiger partial charge < -0.3 is 10.1 Å². The van der Waals surface area contributed by atoms with E-state index in [0.717, 1.165) is 6.07 Å². The number of ether oxygens (including phenoxy) is 1. The molecule has 0 spiro atoms. The smallest absolute Gasteiger partial charge is 0.422 e. The molecule has 1 aromatic heterocycles. The molecule has 5 nitrogen and oxygen atoms in total. The Labute approximate surface area is 174 Å². The Kier molecular flexibility index (Phi) is 6.28. The molecule has 164 valence electrons. The number of hydrogen-bond donors (Lipinski definition) is 1. The van der Waals surface area contributed by atoms with Gasteiger partial charge in [0, 0.05) is 24.9 Å². The zero-order chi connectivity index (χ0) is 22.8. The van der Waals surface area contributed by atoms with Gasteiger partial charge in [0.05, 0.1) is 11.6 Å². The van der Waals surface area contributed by atoms with Crippen LogP contribution in [0.2, 0.25) is 0 Å². The number of hydrogen-bond acceptors (Lipinski definition) is 3. The van der Waals surface area contributed by atoms with Crippen LogP contribution in [0.5, 0.6) is 5.75 Å². The molecule has 2 aromatic carbocycles. The largest absolute Gasteiger partial charge is 0.484 e. The molecule has 10 heteroatoms. The molecular weight excluding hydrogens is 421 g/mol. The van der Waals surface area contributed by atoms with E-state index in [-0.39, 0.29) is 22.6 Å². The summed E-state index contributed by atoms with van der Waals surface area (Å²) in [5.74, 6) is -2.10. The Morgan fingerprint density at radius 3 is 2.45 bits per heavy atom. The summed E-state index contributed by atoms with van der Waals surface area (Å²) in [6.45, 7) is 0.278. The maximum Gasteiger partial charge on any atom is 0.422 e. The van der Waals surface area contributed by atoms with E-state index < -0.39 is 36.4 Å². The van der Waals surface area contributed by atoms with Crippen LogP contribution in [0, 0.1) is 11.6 Å². The maximum absolute atomic E-state index is 14.2. The average molecular weight is 439 g/mol. The summed E-state index contributed by atoms with van der Waals surface area (Å²) in [4.78, 5) is 12.8. The fraction of sp³-hybridized carbons (Fsp3) is 0.238. The molecule has 0 saturated heterocycles. The van der Waals surface area contributed by atoms with Crippen LogP contribution < -0.4 is 10.1 Å². The van der Waals surface area contributed by atoms with E-state index in [4.69, 9.17) is 0 Å². The molecule has 1 amide bonds. The number of benzene rings is 2. The van der Waals surface area contributed by atoms with E-state index in [2.05, 4.69) is 15.2 Å². The van der Waals surface area contributed by atoms with E-state index in [1.54, 1.807) is 14.0 Å². The number of carbonyl (C=O) groups is 1. The third-order valence-electron chi connectivity index (χ3n) is 4.39. The van der Waals surface area contributed by atoms with E-state index in [1.807, 2.05) is 0 Å². The second-order valence-corrected chi connectivity index (χ2v) is 6.86. The number of rotatable bonds is 6. The molecule has 1 atom stereocenters. The molecule has 31 heavy (non-hydrogen) atoms. The molecule has 1 heterocycles. The predicted octanol–water partition coefficient (Wildman–Crippen LogP) is 4.80. The number of carbonyl (C=O) groups excluding carboxylic acids is 1. The highest BCUT2D eigenvalue weighted by Crippen LogP contribution is 2.26. The van der Waals surface area contributed by atoms with Crippen LogP contribution >= 0.6 is 0 Å². The van der Waals surface area contributed by atoms with Crippen molar-refractivity contribution < 1.29 is 31.5 Å². The molecule has 0 aliphatic rings. The average Bonchev–Trinajstić information content (AvgIpc) is 3.07. The van der Waals surface area contributed by atoms with E-state index in [0.29, 0.717) is 11.6 Å². The predicted molar refractivity (Wildman–Crippen MR) is 102 cm³/mol. The second-order valence-electron chi connectivity index (χ2n) is 6.86. The van der Waals surface area contributed by atoms with Crippen LogP contribution in [0.25, 0.3) is 11.3 Å². The highest BCUT2D eigenvalue weighted by atomic mass is 19.4. The first kappa shape index (κ1) is 22.3. The number of aromatic nitrogens is 2. The molecule has 0 fully saturated rings. The fourth-order valence-corrected chi connectivity index (χ4v) is 2.91. The first-order valence-electron chi connectivity index (χ1n) is 9.13. The third-order valence-corrected chi connectivity index (χ3v) is 4.39. The first-order chi connectivity index (χ1) is 14.5. The van der Waals surface area contributed by atoms with Gasteiger partial charge in [-0.2, -0.15) is 18.3 Å². The van der Waals surface area contributed by atoms with Crippen LogP contribution in [-0.4, -0.2) is 28.5 Å². The Morgan fingerprint density at radius 2 is 1.84 bits per heavy atom. The van der Waals surface area contributed by atoms with Gasteiger partial charge >= 0.3 is 6.18 Å². The lowest BCUT2D eigenvalue weighted by Crippen LogP contribution is -2.26. The van der Waals surface area contributed by atoms with E-state index >= 15 is 0 Å². The molecule has 0 aliphatic carbocycles. The molecule has 3 aromatic rings. The van der Waals surface area contributed by atoms with Crippen LogP contribution in [0.3, 0.4) is 0 Å². The van der Waals surface area contributed by atoms with Crippen molar-refractivity contribution in [1.82, 2.24) is 15.1 Å². The van der Waals surface area contributed by atoms with Gasteiger partial charge in [0.2, 0.25) is 0 Å². The maximum atomic E-state index is 14.2. The lowest BCUT2D eigenvalue weighted by molar-refractivity contribution is -0.153. The zero-order valence-electron chi connectivity index (χ0n) is 16.5. The molecular formula is C21H18F5N3O2. The van der Waals surface area contributed by atoms with Gasteiger partial charge in [0.15, 0.2) is 6.61 Å². The normalized spacial score (nSPS) is 12.5. The molecule has 3 rings (SSSR count). The Hall–Kier alpha value is -3.43. The molecule has 1 N–H and O–H groups in total. The van der Waals surface area contributed by atoms with Gasteiger partial charge in [-0.1, -0.05) is 12.1 Å². The Bertz CT molecular complexity index is 1080. The highest BCUT2D eigenvalue weighted by Gasteiger charge is 2.28. The molecule has 0 bridgehead atoms. The van der Waals surface area contributed by atoms with Crippen LogP contribution in [0.15, 0.2) is 48.7 Å². The van der Waals surface area contributed by atoms with Crippen molar-refractivity contribution in [2.45, 2.75) is 19.1 Å². The van der Waals surface area contributed by atoms with Crippen LogP contribution in [0.4, 0.5) is 22.0 Å². The second kappa shape index (κ2) is 8.75. The van der Waals surface area contributed by atoms with Crippen molar-refractivity contribution in [3.8, 4) is 17.0 Å². The summed E-state index contributed by atoms with van der Waals surface area (Å²) in [5, 5.41) is 6.84. The molecule has 0 saturated carbocycles. The minimum Gasteiger partial charge on any atom is -0.484 e. The minimum absolute atomic E-state index is 0.0223. The van der Waals surface area contributed by atoms with Crippen molar-refractivity contribution in [2.75, 3.05) is 6.61 Å². The molecule has 1 unspecified atom stereocenters. The van der Waals surface area contributed by atoms with Crippen LogP contribution in [-0.2, 0) is 7.05 Å². The highest BCUT2D eigenvalue weighted by molar-refractivity contribution is 6.00. The minimum atomic E-state index is -4.44. The van der Waals surface area contributed by atoms with E-state index in [9.17, 15) is 26.7 Å². The van der Waals surface area contributed by atoms with Gasteiger partial charge in [-0.15, -0.1) is 0 Å². The summed E-state index contributed by atoms with van der Waals surface area (Å²) in [6.07, 6.45) is -3.03. The van der Waals surface area contributed by atoms with E-state index in [1.165, 1.54) is 41.2 Å². The third kappa shape index (κ3) is 5.59. The number of alkyl halides is 3. The van der Waals surface area contributed by atoms with Crippen LogP contribution in [0.1, 0.15) is 28.9 Å². The van der Waals surface area contributed by atoms with Gasteiger partial charge in [-0.05, 0) is 36.8 Å². The number of amides is 1. The number of halogens is 5. The summed E-state index contributed by atoms with van der Waals surface area (Å²) >= 11 is 0. The SMILES string of the molecule is CC(NC(=O)c1cn(C)nc1-c1ccc(F)cc1F)c1ccc(OCC(F)(F)F)cc1. The lowest BCUT2D eigenvalue weighted by Gasteiger charge is -2.15. The summed E-state index contributed by atoms with van der Waals surface area (Å²) in [6, 6.07) is 8.25. The first-order valence-corrected chi connectivity index (χ1v) is 9.13. The van der Waals surface area contributed by atoms with Crippen molar-refractivity contribution in [3.05, 3.63) is 71.4 Å². The number of aryl methyl sites for hydroxylation is 1. The standard InChI is InChI=1S/C21H18F5N3O2/c1-12(13-3-6-15(7-4-13)31-11-21(24,25)26)27-20(30)17-10-29(2)28-19(17)16-8-5-14(22)9-18(16)23/h3-10,12H,11H2,1-2H3,(H,27,30). The van der Waals surface area contributed by atoms with Crippen molar-refractivity contribution in [3.63, 3.8) is 0 Å². The Balaban J connectivity index is 1.75. The fourth-order valence-electron chi connectivity index (χ4n) is 2.91. The quantitative estimate of drug-likeness (QED) is 0.562. The zero-order valence-corrected chi connectivity index (χ0v) is 16.5. The summed E-state index contributed by atoms with van der Waals surface area (Å²) in [5.41, 5.74) is 0.739. The Morgan fingerprint density at radius 1 is 1.16 bits per heavy atom. The van der Waals surface area contributed by atoms with Crippen molar-refractivity contribution in [1.29, 1.82) is 0 Å². The molecule has 0 radical (unpaired) electrons. The van der Waals surface area contributed by atoms with Crippen molar-refractivity contribution in [2.24, 2.45) is 7.05 Å². The van der Waals surface area contributed by atoms with Gasteiger partial charge in [0.25, 0.3) is 5.91 Å². The monoisotopic (exact) mass is 439 g/mol. The lowest BCUT2D eigenvalue weighted by atomic mass is 10.1. The van der Waals surface area contributed by atoms with Crippen molar-refractivity contribution >= 4 is 5.91 Å². The topological polar surface area (TPSA) is 56.2 Å². The number of nitrogens with one attached hydrogen (secondary N) is 1. The van der Waals surface area contributed by atoms with Gasteiger partial charge in [-0.25, -0.2) is 8.78 Å². The van der Waals surface area contributed by atoms with Gasteiger partial charge in [-0.3, -0.25) is 9.48 Å². The summed E-state index contributed by atoms with van der Waals surface area (Å²) in [7, 11) is 1.56. The molecule has 0 aliphatic heterocycles. The summed E-state index contributed by atoms with van der Waals surface area (Å²) < 4.78 is 70.1.